The first-order valence-electron chi connectivity index (χ1n) is 10.1. The van der Waals surface area contributed by atoms with Crippen molar-refractivity contribution in [1.29, 1.82) is 0 Å². The van der Waals surface area contributed by atoms with E-state index in [1.54, 1.807) is 12.1 Å². The Morgan fingerprint density at radius 2 is 1.75 bits per heavy atom. The van der Waals surface area contributed by atoms with Crippen LogP contribution in [-0.2, 0) is 6.42 Å². The average molecular weight is 380 g/mol. The molecule has 2 aromatic rings. The third-order valence-corrected chi connectivity index (χ3v) is 5.10. The largest absolute Gasteiger partial charge is 0.339 e. The predicted molar refractivity (Wildman–Crippen MR) is 113 cm³/mol. The number of nitrogens with one attached hydrogen (secondary N) is 2. The summed E-state index contributed by atoms with van der Waals surface area (Å²) in [6.07, 6.45) is 5.10. The molecule has 3 amide bonds. The fourth-order valence-corrected chi connectivity index (χ4v) is 3.50. The molecule has 2 N–H and O–H groups in total. The maximum Gasteiger partial charge on any atom is 0.319 e. The molecule has 1 atom stereocenters. The van der Waals surface area contributed by atoms with Gasteiger partial charge in [0.25, 0.3) is 5.91 Å². The maximum absolute atomic E-state index is 12.6. The van der Waals surface area contributed by atoms with Gasteiger partial charge in [0, 0.05) is 30.4 Å². The molecule has 1 aliphatic rings. The normalized spacial score (nSPS) is 15.0. The van der Waals surface area contributed by atoms with E-state index in [-0.39, 0.29) is 18.0 Å². The van der Waals surface area contributed by atoms with Gasteiger partial charge in [0.1, 0.15) is 0 Å². The Bertz CT molecular complexity index is 785. The number of nitrogens with zero attached hydrogens (tertiary/aromatic N) is 1. The van der Waals surface area contributed by atoms with Crippen molar-refractivity contribution in [2.24, 2.45) is 0 Å². The van der Waals surface area contributed by atoms with Crippen LogP contribution < -0.4 is 10.6 Å². The highest BCUT2D eigenvalue weighted by molar-refractivity contribution is 5.97. The number of amides is 3. The van der Waals surface area contributed by atoms with Crippen LogP contribution in [0.3, 0.4) is 0 Å². The van der Waals surface area contributed by atoms with E-state index in [1.807, 2.05) is 42.2 Å². The Balaban J connectivity index is 1.50. The van der Waals surface area contributed by atoms with E-state index in [1.165, 1.54) is 12.0 Å². The number of carbonyl (C=O) groups excluding carboxylic acids is 2. The minimum Gasteiger partial charge on any atom is -0.339 e. The van der Waals surface area contributed by atoms with E-state index in [0.29, 0.717) is 11.3 Å². The highest BCUT2D eigenvalue weighted by atomic mass is 16.2. The van der Waals surface area contributed by atoms with Crippen LogP contribution >= 0.6 is 0 Å². The third kappa shape index (κ3) is 5.84. The monoisotopic (exact) mass is 379 g/mol. The first-order chi connectivity index (χ1) is 13.6. The van der Waals surface area contributed by atoms with Crippen molar-refractivity contribution in [3.63, 3.8) is 0 Å². The molecule has 1 aliphatic heterocycles. The lowest BCUT2D eigenvalue weighted by atomic mass is 10.1. The molecule has 0 bridgehead atoms. The number of benzene rings is 2. The van der Waals surface area contributed by atoms with Gasteiger partial charge in [-0.25, -0.2) is 4.79 Å². The van der Waals surface area contributed by atoms with E-state index in [9.17, 15) is 9.59 Å². The van der Waals surface area contributed by atoms with Gasteiger partial charge in [-0.15, -0.1) is 0 Å². The average Bonchev–Trinajstić information content (AvgIpc) is 2.73. The smallest absolute Gasteiger partial charge is 0.319 e. The zero-order valence-corrected chi connectivity index (χ0v) is 16.5. The SMILES string of the molecule is CC(CCc1ccccc1)NC(=O)Nc1cccc(C(=O)N2CCCCC2)c1. The minimum absolute atomic E-state index is 0.0417. The number of hydrogen-bond donors (Lipinski definition) is 2. The number of carbonyl (C=O) groups is 2. The molecule has 28 heavy (non-hydrogen) atoms. The Labute approximate surface area is 167 Å². The van der Waals surface area contributed by atoms with Crippen molar-refractivity contribution in [2.45, 2.75) is 45.1 Å². The Kier molecular flexibility index (Phi) is 7.06. The van der Waals surface area contributed by atoms with Gasteiger partial charge in [0.15, 0.2) is 0 Å². The molecule has 1 unspecified atom stereocenters. The van der Waals surface area contributed by atoms with Crippen LogP contribution in [0.4, 0.5) is 10.5 Å². The van der Waals surface area contributed by atoms with Gasteiger partial charge in [0.2, 0.25) is 0 Å². The highest BCUT2D eigenvalue weighted by Gasteiger charge is 2.18. The summed E-state index contributed by atoms with van der Waals surface area (Å²) in [5.41, 5.74) is 2.52. The summed E-state index contributed by atoms with van der Waals surface area (Å²) >= 11 is 0. The van der Waals surface area contributed by atoms with E-state index in [2.05, 4.69) is 22.8 Å². The summed E-state index contributed by atoms with van der Waals surface area (Å²) in [5.74, 6) is 0.0417. The van der Waals surface area contributed by atoms with Gasteiger partial charge in [0.05, 0.1) is 0 Å². The fourth-order valence-electron chi connectivity index (χ4n) is 3.50. The lowest BCUT2D eigenvalue weighted by Gasteiger charge is -2.26. The second-order valence-electron chi connectivity index (χ2n) is 7.46. The number of anilines is 1. The summed E-state index contributed by atoms with van der Waals surface area (Å²) in [5, 5.41) is 5.81. The number of hydrogen-bond acceptors (Lipinski definition) is 2. The van der Waals surface area contributed by atoms with Gasteiger partial charge in [-0.3, -0.25) is 4.79 Å². The molecule has 5 nitrogen and oxygen atoms in total. The van der Waals surface area contributed by atoms with Crippen molar-refractivity contribution in [3.05, 3.63) is 65.7 Å². The first-order valence-corrected chi connectivity index (χ1v) is 10.1. The van der Waals surface area contributed by atoms with Crippen molar-refractivity contribution < 1.29 is 9.59 Å². The second-order valence-corrected chi connectivity index (χ2v) is 7.46. The Morgan fingerprint density at radius 1 is 1.00 bits per heavy atom. The van der Waals surface area contributed by atoms with E-state index >= 15 is 0 Å². The molecule has 148 valence electrons. The van der Waals surface area contributed by atoms with Crippen LogP contribution in [0, 0.1) is 0 Å². The molecule has 1 fully saturated rings. The molecule has 0 radical (unpaired) electrons. The van der Waals surface area contributed by atoms with Crippen molar-refractivity contribution in [3.8, 4) is 0 Å². The molecule has 3 rings (SSSR count). The molecular weight excluding hydrogens is 350 g/mol. The summed E-state index contributed by atoms with van der Waals surface area (Å²) in [7, 11) is 0. The number of urea groups is 1. The number of rotatable bonds is 6. The van der Waals surface area contributed by atoms with Gasteiger partial charge in [-0.1, -0.05) is 36.4 Å². The van der Waals surface area contributed by atoms with Crippen LogP contribution in [0.25, 0.3) is 0 Å². The molecule has 2 aromatic carbocycles. The molecule has 1 heterocycles. The molecular formula is C23H29N3O2. The van der Waals surface area contributed by atoms with Crippen LogP contribution in [0.1, 0.15) is 48.5 Å². The summed E-state index contributed by atoms with van der Waals surface area (Å²) in [4.78, 5) is 26.8. The molecule has 1 saturated heterocycles. The Hall–Kier alpha value is -2.82. The predicted octanol–water partition coefficient (Wildman–Crippen LogP) is 4.46. The molecule has 0 saturated carbocycles. The van der Waals surface area contributed by atoms with Crippen molar-refractivity contribution >= 4 is 17.6 Å². The van der Waals surface area contributed by atoms with Gasteiger partial charge in [-0.2, -0.15) is 0 Å². The lowest BCUT2D eigenvalue weighted by Crippen LogP contribution is -2.37. The topological polar surface area (TPSA) is 61.4 Å². The van der Waals surface area contributed by atoms with Gasteiger partial charge in [-0.05, 0) is 62.8 Å². The summed E-state index contributed by atoms with van der Waals surface area (Å²) < 4.78 is 0. The zero-order chi connectivity index (χ0) is 19.8. The van der Waals surface area contributed by atoms with E-state index < -0.39 is 0 Å². The van der Waals surface area contributed by atoms with Crippen molar-refractivity contribution in [2.75, 3.05) is 18.4 Å². The van der Waals surface area contributed by atoms with E-state index in [4.69, 9.17) is 0 Å². The number of piperidine rings is 1. The first kappa shape index (κ1) is 19.9. The third-order valence-electron chi connectivity index (χ3n) is 5.10. The summed E-state index contributed by atoms with van der Waals surface area (Å²) in [6, 6.07) is 17.2. The van der Waals surface area contributed by atoms with Crippen LogP contribution in [0.5, 0.6) is 0 Å². The maximum atomic E-state index is 12.6. The van der Waals surface area contributed by atoms with Crippen LogP contribution in [0.2, 0.25) is 0 Å². The minimum atomic E-state index is -0.247. The standard InChI is InChI=1S/C23H29N3O2/c1-18(13-14-19-9-4-2-5-10-19)24-23(28)25-21-12-8-11-20(17-21)22(27)26-15-6-3-7-16-26/h2,4-5,8-12,17-18H,3,6-7,13-16H2,1H3,(H2,24,25,28). The van der Waals surface area contributed by atoms with Crippen LogP contribution in [-0.4, -0.2) is 36.0 Å². The fraction of sp³-hybridized carbons (Fsp3) is 0.391. The molecule has 0 spiro atoms. The van der Waals surface area contributed by atoms with Gasteiger partial charge < -0.3 is 15.5 Å². The zero-order valence-electron chi connectivity index (χ0n) is 16.5. The second kappa shape index (κ2) is 9.93. The van der Waals surface area contributed by atoms with Gasteiger partial charge >= 0.3 is 6.03 Å². The Morgan fingerprint density at radius 3 is 2.50 bits per heavy atom. The molecule has 0 aliphatic carbocycles. The quantitative estimate of drug-likeness (QED) is 0.779. The van der Waals surface area contributed by atoms with Crippen molar-refractivity contribution in [1.82, 2.24) is 10.2 Å². The number of likely N-dealkylation sites (tertiary alicyclic amines) is 1. The highest BCUT2D eigenvalue weighted by Crippen LogP contribution is 2.16. The van der Waals surface area contributed by atoms with Crippen LogP contribution in [0.15, 0.2) is 54.6 Å². The summed E-state index contributed by atoms with van der Waals surface area (Å²) in [6.45, 7) is 3.63. The number of aryl methyl sites for hydroxylation is 1. The molecule has 5 heteroatoms. The lowest BCUT2D eigenvalue weighted by molar-refractivity contribution is 0.0724. The molecule has 0 aromatic heterocycles. The van der Waals surface area contributed by atoms with E-state index in [0.717, 1.165) is 38.8 Å².